The van der Waals surface area contributed by atoms with E-state index in [1.807, 2.05) is 48.5 Å². The fraction of sp³-hybridized carbons (Fsp3) is 0.0476. The first-order chi connectivity index (χ1) is 13.5. The van der Waals surface area contributed by atoms with Crippen LogP contribution in [-0.2, 0) is 6.61 Å². The number of hydrazone groups is 1. The van der Waals surface area contributed by atoms with Gasteiger partial charge in [0, 0.05) is 16.1 Å². The Balaban J connectivity index is 1.60. The number of benzene rings is 3. The maximum atomic E-state index is 12.1. The van der Waals surface area contributed by atoms with Crippen LogP contribution in [0.15, 0.2) is 71.8 Å². The van der Waals surface area contributed by atoms with E-state index < -0.39 is 0 Å². The average Bonchev–Trinajstić information content (AvgIpc) is 2.70. The summed E-state index contributed by atoms with van der Waals surface area (Å²) in [4.78, 5) is 12.1. The molecular formula is C21H15Cl3N2O2. The highest BCUT2D eigenvalue weighted by molar-refractivity contribution is 6.42. The topological polar surface area (TPSA) is 50.7 Å². The first kappa shape index (κ1) is 20.2. The Kier molecular flexibility index (Phi) is 6.93. The molecule has 0 aromatic heterocycles. The first-order valence-electron chi connectivity index (χ1n) is 8.27. The molecular weight excluding hydrogens is 419 g/mol. The molecule has 0 aliphatic rings. The number of hydrogen-bond donors (Lipinski definition) is 1. The highest BCUT2D eigenvalue weighted by Gasteiger charge is 2.07. The highest BCUT2D eigenvalue weighted by Crippen LogP contribution is 2.22. The van der Waals surface area contributed by atoms with Crippen molar-refractivity contribution in [3.05, 3.63) is 98.5 Å². The van der Waals surface area contributed by atoms with E-state index in [0.29, 0.717) is 33.0 Å². The van der Waals surface area contributed by atoms with Gasteiger partial charge in [0.25, 0.3) is 5.91 Å². The van der Waals surface area contributed by atoms with Crippen molar-refractivity contribution in [2.75, 3.05) is 0 Å². The Morgan fingerprint density at radius 2 is 1.75 bits per heavy atom. The Morgan fingerprint density at radius 1 is 0.929 bits per heavy atom. The minimum atomic E-state index is -0.388. The van der Waals surface area contributed by atoms with Gasteiger partial charge in [-0.25, -0.2) is 5.43 Å². The van der Waals surface area contributed by atoms with Gasteiger partial charge in [-0.05, 0) is 42.0 Å². The molecule has 142 valence electrons. The van der Waals surface area contributed by atoms with Gasteiger partial charge in [0.05, 0.1) is 16.3 Å². The molecule has 0 aliphatic heterocycles. The van der Waals surface area contributed by atoms with Crippen LogP contribution in [0.1, 0.15) is 21.5 Å². The quantitative estimate of drug-likeness (QED) is 0.383. The third-order valence-corrected chi connectivity index (χ3v) is 4.88. The molecule has 3 rings (SSSR count). The third kappa shape index (κ3) is 5.49. The summed E-state index contributed by atoms with van der Waals surface area (Å²) in [7, 11) is 0. The zero-order chi connectivity index (χ0) is 19.9. The summed E-state index contributed by atoms with van der Waals surface area (Å²) in [6.45, 7) is 0.355. The van der Waals surface area contributed by atoms with E-state index >= 15 is 0 Å². The molecule has 0 saturated carbocycles. The minimum Gasteiger partial charge on any atom is -0.489 e. The van der Waals surface area contributed by atoms with Crippen LogP contribution < -0.4 is 10.2 Å². The number of hydrogen-bond acceptors (Lipinski definition) is 3. The number of nitrogens with one attached hydrogen (secondary N) is 1. The van der Waals surface area contributed by atoms with Gasteiger partial charge in [0.15, 0.2) is 0 Å². The van der Waals surface area contributed by atoms with Gasteiger partial charge in [0.2, 0.25) is 0 Å². The van der Waals surface area contributed by atoms with Crippen molar-refractivity contribution in [2.24, 2.45) is 5.10 Å². The summed E-state index contributed by atoms with van der Waals surface area (Å²) < 4.78 is 5.77. The van der Waals surface area contributed by atoms with Crippen molar-refractivity contribution in [2.45, 2.75) is 6.61 Å². The Morgan fingerprint density at radius 3 is 2.54 bits per heavy atom. The van der Waals surface area contributed by atoms with E-state index in [1.165, 1.54) is 12.3 Å². The van der Waals surface area contributed by atoms with Gasteiger partial charge in [-0.1, -0.05) is 65.1 Å². The Hall–Kier alpha value is -2.53. The lowest BCUT2D eigenvalue weighted by Gasteiger charge is -2.08. The van der Waals surface area contributed by atoms with Gasteiger partial charge in [0.1, 0.15) is 12.4 Å². The molecule has 28 heavy (non-hydrogen) atoms. The fourth-order valence-corrected chi connectivity index (χ4v) is 2.82. The van der Waals surface area contributed by atoms with Crippen LogP contribution in [0.2, 0.25) is 15.1 Å². The minimum absolute atomic E-state index is 0.307. The number of carbonyl (C=O) groups is 1. The lowest BCUT2D eigenvalue weighted by atomic mass is 10.2. The number of carbonyl (C=O) groups excluding carboxylic acids is 1. The van der Waals surface area contributed by atoms with Crippen LogP contribution in [0.3, 0.4) is 0 Å². The molecule has 0 aliphatic carbocycles. The molecule has 7 heteroatoms. The number of rotatable bonds is 6. The Labute approximate surface area is 177 Å². The second kappa shape index (κ2) is 9.60. The van der Waals surface area contributed by atoms with E-state index in [0.717, 1.165) is 11.1 Å². The van der Waals surface area contributed by atoms with Crippen molar-refractivity contribution in [3.8, 4) is 5.75 Å². The molecule has 0 atom stereocenters. The average molecular weight is 434 g/mol. The lowest BCUT2D eigenvalue weighted by molar-refractivity contribution is 0.0955. The van der Waals surface area contributed by atoms with Crippen molar-refractivity contribution < 1.29 is 9.53 Å². The van der Waals surface area contributed by atoms with Crippen molar-refractivity contribution >= 4 is 46.9 Å². The van der Waals surface area contributed by atoms with Crippen molar-refractivity contribution in [1.29, 1.82) is 0 Å². The second-order valence-corrected chi connectivity index (χ2v) is 7.00. The third-order valence-electron chi connectivity index (χ3n) is 3.77. The van der Waals surface area contributed by atoms with E-state index in [9.17, 15) is 4.79 Å². The monoisotopic (exact) mass is 432 g/mol. The normalized spacial score (nSPS) is 10.8. The van der Waals surface area contributed by atoms with Crippen LogP contribution in [0.25, 0.3) is 0 Å². The molecule has 0 unspecified atom stereocenters. The van der Waals surface area contributed by atoms with Gasteiger partial charge in [-0.15, -0.1) is 0 Å². The predicted molar refractivity (Wildman–Crippen MR) is 114 cm³/mol. The fourth-order valence-electron chi connectivity index (χ4n) is 2.33. The molecule has 3 aromatic carbocycles. The van der Waals surface area contributed by atoms with E-state index in [2.05, 4.69) is 10.5 Å². The van der Waals surface area contributed by atoms with E-state index in [-0.39, 0.29) is 5.91 Å². The number of nitrogens with zero attached hydrogens (tertiary/aromatic N) is 1. The van der Waals surface area contributed by atoms with Gasteiger partial charge in [-0.2, -0.15) is 5.10 Å². The molecule has 0 fully saturated rings. The number of halogens is 3. The SMILES string of the molecule is O=C(N/N=C\c1cccc(OCc2ccccc2Cl)c1)c1ccc(Cl)c(Cl)c1. The predicted octanol–water partition coefficient (Wildman–Crippen LogP) is 5.99. The summed E-state index contributed by atoms with van der Waals surface area (Å²) in [6.07, 6.45) is 1.53. The summed E-state index contributed by atoms with van der Waals surface area (Å²) in [6, 6.07) is 19.4. The molecule has 0 radical (unpaired) electrons. The zero-order valence-corrected chi connectivity index (χ0v) is 16.8. The first-order valence-corrected chi connectivity index (χ1v) is 9.41. The summed E-state index contributed by atoms with van der Waals surface area (Å²) in [5.74, 6) is 0.278. The molecule has 0 saturated heterocycles. The van der Waals surface area contributed by atoms with E-state index in [1.54, 1.807) is 12.1 Å². The van der Waals surface area contributed by atoms with Gasteiger partial charge >= 0.3 is 0 Å². The summed E-state index contributed by atoms with van der Waals surface area (Å²) in [5, 5.41) is 5.32. The standard InChI is InChI=1S/C21H15Cl3N2O2/c22-18-7-2-1-5-16(18)13-28-17-6-3-4-14(10-17)12-25-26-21(27)15-8-9-19(23)20(24)11-15/h1-12H,13H2,(H,26,27)/b25-12-. The maximum Gasteiger partial charge on any atom is 0.271 e. The molecule has 1 amide bonds. The number of ether oxygens (including phenoxy) is 1. The van der Waals surface area contributed by atoms with Crippen molar-refractivity contribution in [1.82, 2.24) is 5.43 Å². The summed E-state index contributed by atoms with van der Waals surface area (Å²) >= 11 is 17.9. The molecule has 3 aromatic rings. The van der Waals surface area contributed by atoms with Gasteiger partial charge < -0.3 is 4.74 Å². The Bertz CT molecular complexity index is 1020. The van der Waals surface area contributed by atoms with Crippen LogP contribution in [0, 0.1) is 0 Å². The van der Waals surface area contributed by atoms with Crippen LogP contribution in [0.5, 0.6) is 5.75 Å². The van der Waals surface area contributed by atoms with E-state index in [4.69, 9.17) is 39.5 Å². The zero-order valence-electron chi connectivity index (χ0n) is 14.5. The molecule has 4 nitrogen and oxygen atoms in total. The largest absolute Gasteiger partial charge is 0.489 e. The molecule has 0 spiro atoms. The van der Waals surface area contributed by atoms with Crippen molar-refractivity contribution in [3.63, 3.8) is 0 Å². The smallest absolute Gasteiger partial charge is 0.271 e. The van der Waals surface area contributed by atoms with Crippen LogP contribution in [-0.4, -0.2) is 12.1 Å². The molecule has 1 N–H and O–H groups in total. The maximum absolute atomic E-state index is 12.1. The number of amides is 1. The lowest BCUT2D eigenvalue weighted by Crippen LogP contribution is -2.17. The van der Waals surface area contributed by atoms with Crippen LogP contribution in [0.4, 0.5) is 0 Å². The molecule has 0 heterocycles. The summed E-state index contributed by atoms with van der Waals surface area (Å²) in [5.41, 5.74) is 4.48. The molecule has 0 bridgehead atoms. The highest BCUT2D eigenvalue weighted by atomic mass is 35.5. The van der Waals surface area contributed by atoms with Gasteiger partial charge in [-0.3, -0.25) is 4.79 Å². The second-order valence-electron chi connectivity index (χ2n) is 5.78. The van der Waals surface area contributed by atoms with Crippen LogP contribution >= 0.6 is 34.8 Å².